The van der Waals surface area contributed by atoms with E-state index in [-0.39, 0.29) is 48.2 Å². The molecule has 0 amide bonds. The third-order valence-electron chi connectivity index (χ3n) is 4.25. The lowest BCUT2D eigenvalue weighted by Gasteiger charge is -2.44. The van der Waals surface area contributed by atoms with Gasteiger partial charge in [-0.1, -0.05) is 0 Å². The van der Waals surface area contributed by atoms with E-state index in [1.165, 1.54) is 6.92 Å². The Balaban J connectivity index is 0.00000961. The van der Waals surface area contributed by atoms with Gasteiger partial charge >= 0.3 is 23.9 Å². The molecule has 1 fully saturated rings. The highest BCUT2D eigenvalue weighted by Crippen LogP contribution is 2.30. The van der Waals surface area contributed by atoms with E-state index in [0.29, 0.717) is 0 Å². The number of quaternary nitrogens is 1. The van der Waals surface area contributed by atoms with Crippen LogP contribution in [0.5, 0.6) is 0 Å². The molecule has 13 heteroatoms. The van der Waals surface area contributed by atoms with Gasteiger partial charge in [0.05, 0.1) is 20.7 Å². The predicted octanol–water partition coefficient (Wildman–Crippen LogP) is -2.91. The fraction of sp³-hybridized carbons (Fsp3) is 0.789. The average Bonchev–Trinajstić information content (AvgIpc) is 2.63. The van der Waals surface area contributed by atoms with Gasteiger partial charge < -0.3 is 56.9 Å². The molecule has 0 N–H and O–H groups in total. The fourth-order valence-electron chi connectivity index (χ4n) is 2.80. The van der Waals surface area contributed by atoms with Crippen molar-refractivity contribution in [2.24, 2.45) is 0 Å². The van der Waals surface area contributed by atoms with E-state index < -0.39 is 61.4 Å². The molecule has 0 aromatic rings. The first-order chi connectivity index (χ1) is 14.4. The Bertz CT molecular complexity index is 662. The summed E-state index contributed by atoms with van der Waals surface area (Å²) in [6.45, 7) is 3.85. The molecule has 11 nitrogen and oxygen atoms in total. The quantitative estimate of drug-likeness (QED) is 0.0876. The zero-order valence-corrected chi connectivity index (χ0v) is 21.2. The Morgan fingerprint density at radius 2 is 1.34 bits per heavy atom. The first kappa shape index (κ1) is 30.4. The number of ether oxygens (including phenoxy) is 6. The number of halogens is 2. The van der Waals surface area contributed by atoms with E-state index in [1.54, 1.807) is 14.1 Å². The van der Waals surface area contributed by atoms with Gasteiger partial charge in [-0.15, -0.1) is 0 Å². The van der Waals surface area contributed by atoms with Gasteiger partial charge in [0.2, 0.25) is 6.80 Å². The van der Waals surface area contributed by atoms with Crippen molar-refractivity contribution in [2.75, 3.05) is 40.7 Å². The van der Waals surface area contributed by atoms with Gasteiger partial charge in [-0.05, 0) is 0 Å². The number of rotatable bonds is 10. The first-order valence-electron chi connectivity index (χ1n) is 9.66. The monoisotopic (exact) mass is 579 g/mol. The Kier molecular flexibility index (Phi) is 13.2. The molecule has 1 saturated heterocycles. The van der Waals surface area contributed by atoms with Crippen molar-refractivity contribution in [2.45, 2.75) is 58.4 Å². The molecule has 5 atom stereocenters. The van der Waals surface area contributed by atoms with Crippen molar-refractivity contribution in [3.8, 4) is 0 Å². The number of carbonyl (C=O) groups is 4. The maximum atomic E-state index is 13.1. The highest BCUT2D eigenvalue weighted by atomic mass is 127. The van der Waals surface area contributed by atoms with Crippen LogP contribution in [0.3, 0.4) is 0 Å². The molecular weight excluding hydrogens is 548 g/mol. The maximum absolute atomic E-state index is 13.1. The predicted molar refractivity (Wildman–Crippen MR) is 101 cm³/mol. The number of hydrogen-bond donors (Lipinski definition) is 0. The minimum atomic E-state index is -1.30. The van der Waals surface area contributed by atoms with Crippen LogP contribution < -0.4 is 24.0 Å². The molecule has 1 aliphatic heterocycles. The summed E-state index contributed by atoms with van der Waals surface area (Å²) < 4.78 is 45.3. The van der Waals surface area contributed by atoms with Gasteiger partial charge in [0.25, 0.3) is 0 Å². The molecule has 0 aliphatic carbocycles. The van der Waals surface area contributed by atoms with E-state index in [4.69, 9.17) is 28.4 Å². The van der Waals surface area contributed by atoms with Crippen molar-refractivity contribution < 1.29 is 80.4 Å². The zero-order valence-electron chi connectivity index (χ0n) is 19.0. The lowest BCUT2D eigenvalue weighted by Crippen LogP contribution is -3.00. The lowest BCUT2D eigenvalue weighted by molar-refractivity contribution is -0.903. The topological polar surface area (TPSA) is 124 Å². The Labute approximate surface area is 203 Å². The average molecular weight is 579 g/mol. The molecule has 0 spiro atoms. The van der Waals surface area contributed by atoms with E-state index in [1.807, 2.05) is 0 Å². The normalized spacial score (nSPS) is 25.2. The number of alkyl halides is 1. The molecule has 32 heavy (non-hydrogen) atoms. The molecule has 0 unspecified atom stereocenters. The molecule has 186 valence electrons. The zero-order chi connectivity index (χ0) is 23.8. The van der Waals surface area contributed by atoms with Crippen LogP contribution in [0.1, 0.15) is 27.7 Å². The van der Waals surface area contributed by atoms with Crippen LogP contribution in [0, 0.1) is 0 Å². The Morgan fingerprint density at radius 1 is 0.844 bits per heavy atom. The number of esters is 4. The lowest BCUT2D eigenvalue weighted by atomic mass is 9.98. The summed E-state index contributed by atoms with van der Waals surface area (Å²) in [5.41, 5.74) is 0. The Morgan fingerprint density at radius 3 is 1.81 bits per heavy atom. The molecule has 0 aromatic heterocycles. The van der Waals surface area contributed by atoms with Crippen molar-refractivity contribution in [1.29, 1.82) is 0 Å². The second-order valence-electron chi connectivity index (χ2n) is 7.72. The molecule has 0 bridgehead atoms. The second kappa shape index (κ2) is 13.9. The highest BCUT2D eigenvalue weighted by Gasteiger charge is 2.52. The van der Waals surface area contributed by atoms with Crippen molar-refractivity contribution in [3.63, 3.8) is 0 Å². The summed E-state index contributed by atoms with van der Waals surface area (Å²) in [7, 11) is 3.30. The number of carbonyl (C=O) groups excluding carboxylic acids is 4. The summed E-state index contributed by atoms with van der Waals surface area (Å²) in [5.74, 6) is -2.79. The van der Waals surface area contributed by atoms with Crippen LogP contribution in [0.4, 0.5) is 4.39 Å². The smallest absolute Gasteiger partial charge is 0.303 e. The number of hydrogen-bond acceptors (Lipinski definition) is 10. The highest BCUT2D eigenvalue weighted by molar-refractivity contribution is 5.68. The van der Waals surface area contributed by atoms with Crippen molar-refractivity contribution in [3.05, 3.63) is 0 Å². The van der Waals surface area contributed by atoms with Crippen LogP contribution in [-0.4, -0.2) is 99.7 Å². The largest absolute Gasteiger partial charge is 1.00 e. The van der Waals surface area contributed by atoms with Crippen molar-refractivity contribution >= 4 is 23.9 Å². The maximum Gasteiger partial charge on any atom is 0.303 e. The third kappa shape index (κ3) is 10.4. The molecule has 1 aliphatic rings. The van der Waals surface area contributed by atoms with Crippen LogP contribution in [0.15, 0.2) is 0 Å². The first-order valence-corrected chi connectivity index (χ1v) is 9.66. The molecule has 1 heterocycles. The van der Waals surface area contributed by atoms with Crippen LogP contribution in [0.25, 0.3) is 0 Å². The van der Waals surface area contributed by atoms with Crippen LogP contribution >= 0.6 is 0 Å². The standard InChI is InChI=1S/C19H31FNO10.HI/c1-11(22)27-9-15-16(28-12(2)23)17(29-13(3)24)18(30-14(4)25)19(31-15)26-8-7-21(5,6)10-20;/h15-19H,7-10H2,1-6H3;1H/q+1;/p-1/t15-,16-,17+,18-,19-;/m0./s1. The fourth-order valence-corrected chi connectivity index (χ4v) is 2.80. The molecule has 0 radical (unpaired) electrons. The van der Waals surface area contributed by atoms with E-state index in [2.05, 4.69) is 0 Å². The van der Waals surface area contributed by atoms with Gasteiger partial charge in [0.1, 0.15) is 19.3 Å². The summed E-state index contributed by atoms with van der Waals surface area (Å²) in [6, 6.07) is 0. The SMILES string of the molecule is CC(=O)OC[C@@H]1O[C@H](OCC[N+](C)(C)CF)[C@@H](OC(C)=O)[C@H](OC(C)=O)[C@H]1OC(C)=O.[I-]. The molecule has 0 saturated carbocycles. The van der Waals surface area contributed by atoms with Gasteiger partial charge in [-0.3, -0.25) is 19.2 Å². The molecular formula is C19H31FINO10. The summed E-state index contributed by atoms with van der Waals surface area (Å²) in [6.07, 6.45) is -6.19. The van der Waals surface area contributed by atoms with E-state index in [0.717, 1.165) is 20.8 Å². The molecule has 0 aromatic carbocycles. The number of nitrogens with zero attached hydrogens (tertiary/aromatic N) is 1. The van der Waals surface area contributed by atoms with Gasteiger partial charge in [-0.2, -0.15) is 4.39 Å². The summed E-state index contributed by atoms with van der Waals surface area (Å²) >= 11 is 0. The van der Waals surface area contributed by atoms with Crippen LogP contribution in [0.2, 0.25) is 0 Å². The van der Waals surface area contributed by atoms with E-state index >= 15 is 0 Å². The second-order valence-corrected chi connectivity index (χ2v) is 7.72. The van der Waals surface area contributed by atoms with Gasteiger partial charge in [-0.25, -0.2) is 0 Å². The summed E-state index contributed by atoms with van der Waals surface area (Å²) in [5, 5.41) is 0. The van der Waals surface area contributed by atoms with Crippen LogP contribution in [-0.2, 0) is 47.6 Å². The Hall–Kier alpha value is -1.58. The third-order valence-corrected chi connectivity index (χ3v) is 4.25. The van der Waals surface area contributed by atoms with Gasteiger partial charge in [0.15, 0.2) is 24.6 Å². The summed E-state index contributed by atoms with van der Waals surface area (Å²) in [4.78, 5) is 46.3. The molecule has 1 rings (SSSR count). The van der Waals surface area contributed by atoms with Gasteiger partial charge in [0, 0.05) is 27.7 Å². The minimum absolute atomic E-state index is 0. The van der Waals surface area contributed by atoms with Crippen molar-refractivity contribution in [1.82, 2.24) is 0 Å². The number of likely N-dealkylation sites (N-methyl/N-ethyl adjacent to an activating group) is 1. The van der Waals surface area contributed by atoms with E-state index in [9.17, 15) is 23.6 Å². The minimum Gasteiger partial charge on any atom is -1.00 e.